The second-order valence-corrected chi connectivity index (χ2v) is 23.6. The minimum Gasteiger partial charge on any atom is -0.508 e. The fourth-order valence-corrected chi connectivity index (χ4v) is 14.0. The van der Waals surface area contributed by atoms with Crippen LogP contribution in [0.25, 0.3) is 32.6 Å². The molecule has 9 heterocycles. The van der Waals surface area contributed by atoms with E-state index >= 15 is 4.39 Å². The molecule has 0 radical (unpaired) electrons. The number of hydrogen-bond donors (Lipinski definition) is 4. The van der Waals surface area contributed by atoms with Crippen LogP contribution in [0.4, 0.5) is 10.2 Å². The maximum absolute atomic E-state index is 17.2. The van der Waals surface area contributed by atoms with Crippen LogP contribution in [-0.4, -0.2) is 132 Å². The van der Waals surface area contributed by atoms with E-state index in [2.05, 4.69) is 35.6 Å². The number of piperazine rings is 1. The van der Waals surface area contributed by atoms with Crippen molar-refractivity contribution in [3.8, 4) is 39.3 Å². The molecular formula is C56H64ClFN10O7S. The summed E-state index contributed by atoms with van der Waals surface area (Å²) in [5.41, 5.74) is 5.89. The summed E-state index contributed by atoms with van der Waals surface area (Å²) < 4.78 is 36.0. The molecular weight excluding hydrogens is 1010 g/mol. The lowest BCUT2D eigenvalue weighted by Crippen LogP contribution is -2.51. The van der Waals surface area contributed by atoms with Crippen molar-refractivity contribution in [1.29, 1.82) is 0 Å². The molecule has 12 rings (SSSR count). The molecule has 20 heteroatoms. The minimum atomic E-state index is -0.865. The Morgan fingerprint density at radius 3 is 2.54 bits per heavy atom. The van der Waals surface area contributed by atoms with E-state index in [9.17, 15) is 19.8 Å². The number of nitrogens with zero attached hydrogens (tertiary/aromatic N) is 8. The van der Waals surface area contributed by atoms with Gasteiger partial charge in [0.15, 0.2) is 11.6 Å². The van der Waals surface area contributed by atoms with Gasteiger partial charge in [0, 0.05) is 67.0 Å². The number of amides is 2. The number of aromatic hydroxyl groups is 1. The number of aromatic nitrogens is 5. The van der Waals surface area contributed by atoms with Gasteiger partial charge < -0.3 is 44.6 Å². The molecule has 400 valence electrons. The average Bonchev–Trinajstić information content (AvgIpc) is 3.95. The number of anilines is 1. The summed E-state index contributed by atoms with van der Waals surface area (Å²) in [6.07, 6.45) is 8.43. The van der Waals surface area contributed by atoms with Gasteiger partial charge >= 0.3 is 6.01 Å². The minimum absolute atomic E-state index is 0.0234. The number of pyridine rings is 1. The molecule has 2 aromatic carbocycles. The molecule has 6 aromatic rings. The van der Waals surface area contributed by atoms with Gasteiger partial charge in [-0.3, -0.25) is 19.5 Å². The molecule has 1 saturated carbocycles. The van der Waals surface area contributed by atoms with E-state index in [1.165, 1.54) is 17.0 Å². The second kappa shape index (κ2) is 20.4. The number of halogens is 2. The van der Waals surface area contributed by atoms with Crippen LogP contribution < -0.4 is 25.0 Å². The van der Waals surface area contributed by atoms with Gasteiger partial charge in [-0.05, 0) is 118 Å². The number of hydrogen-bond acceptors (Lipinski definition) is 16. The van der Waals surface area contributed by atoms with Gasteiger partial charge in [0.2, 0.25) is 11.8 Å². The van der Waals surface area contributed by atoms with Crippen LogP contribution in [0, 0.1) is 18.7 Å². The predicted molar refractivity (Wildman–Crippen MR) is 285 cm³/mol. The summed E-state index contributed by atoms with van der Waals surface area (Å²) in [4.78, 5) is 54.4. The van der Waals surface area contributed by atoms with E-state index in [1.807, 2.05) is 57.5 Å². The summed E-state index contributed by atoms with van der Waals surface area (Å²) >= 11 is 8.26. The molecule has 6 fully saturated rings. The van der Waals surface area contributed by atoms with Gasteiger partial charge in [0.25, 0.3) is 5.88 Å². The number of aliphatic hydroxyl groups is 1. The molecule has 0 spiro atoms. The Morgan fingerprint density at radius 2 is 1.80 bits per heavy atom. The highest BCUT2D eigenvalue weighted by atomic mass is 35.5. The van der Waals surface area contributed by atoms with Gasteiger partial charge in [0.1, 0.15) is 48.0 Å². The molecule has 5 aliphatic heterocycles. The molecule has 4 aromatic heterocycles. The van der Waals surface area contributed by atoms with Crippen molar-refractivity contribution < 1.29 is 38.2 Å². The van der Waals surface area contributed by atoms with Gasteiger partial charge in [-0.2, -0.15) is 9.97 Å². The predicted octanol–water partition coefficient (Wildman–Crippen LogP) is 8.46. The number of thiazole rings is 1. The second-order valence-electron chi connectivity index (χ2n) is 22.3. The number of phenols is 1. The van der Waals surface area contributed by atoms with Crippen molar-refractivity contribution in [2.45, 2.75) is 139 Å². The van der Waals surface area contributed by atoms with Crippen molar-refractivity contribution in [2.24, 2.45) is 5.92 Å². The standard InChI is InChI=1S/C56H64ClFN10O7S/c1-29(2)46(54(72)67-25-39(70)20-43(67)53(71)61-30(3)32-6-10-34(11-7-32)51-31(4)60-28-76-51)44-21-45(65-75-44)73-26-37-14-16-56(15-5-17-68(37)56)27-74-55-63-50-41(52(64-55)66-23-35-12-13-36(24-66)62-35)22-59-49(48(50)58)40-18-38(69)19-42(57)47(40)33-8-9-33/h6-7,10-11,18-19,21-22,28-30,33,35-37,39,43,46,62,69-70H,5,8-9,12-17,20,23-27H2,1-4H3,(H,61,71)/t30-,35?,36?,37-,39+,43-,46-,56-/m0/s1. The quantitative estimate of drug-likeness (QED) is 0.0718. The lowest BCUT2D eigenvalue weighted by atomic mass is 9.91. The smallest absolute Gasteiger partial charge is 0.319 e. The summed E-state index contributed by atoms with van der Waals surface area (Å²) in [5.74, 6) is -0.982. The molecule has 2 amide bonds. The maximum atomic E-state index is 17.2. The molecule has 1 aliphatic carbocycles. The Morgan fingerprint density at radius 1 is 1.01 bits per heavy atom. The van der Waals surface area contributed by atoms with Crippen molar-refractivity contribution in [3.63, 3.8) is 0 Å². The van der Waals surface area contributed by atoms with E-state index in [4.69, 9.17) is 35.6 Å². The van der Waals surface area contributed by atoms with Gasteiger partial charge in [0.05, 0.1) is 39.2 Å². The van der Waals surface area contributed by atoms with Crippen LogP contribution in [0.15, 0.2) is 58.7 Å². The first kappa shape index (κ1) is 50.8. The molecule has 5 saturated heterocycles. The van der Waals surface area contributed by atoms with Crippen molar-refractivity contribution in [3.05, 3.63) is 87.6 Å². The SMILES string of the molecule is Cc1ncsc1-c1ccc([C@H](C)NC(=O)[C@@H]2C[C@@H](O)CN2C(=O)[C@H](c2cc(OC[C@@H]3CC[C@]4(COc5nc(N6CC7CCC(C6)N7)c6cnc(-c7cc(O)cc(Cl)c7C7CC7)c(F)c6n5)CCCN34)no2)C(C)C)cc1. The van der Waals surface area contributed by atoms with E-state index in [1.54, 1.807) is 23.6 Å². The molecule has 6 aliphatic rings. The van der Waals surface area contributed by atoms with Crippen LogP contribution in [0.5, 0.6) is 17.6 Å². The largest absolute Gasteiger partial charge is 0.508 e. The number of likely N-dealkylation sites (tertiary alicyclic amines) is 1. The summed E-state index contributed by atoms with van der Waals surface area (Å²) in [6, 6.07) is 12.3. The van der Waals surface area contributed by atoms with Crippen LogP contribution in [0.3, 0.4) is 0 Å². The van der Waals surface area contributed by atoms with Crippen LogP contribution in [0.2, 0.25) is 5.02 Å². The Kier molecular flexibility index (Phi) is 13.7. The van der Waals surface area contributed by atoms with E-state index in [0.29, 0.717) is 65.9 Å². The van der Waals surface area contributed by atoms with Gasteiger partial charge in [-0.15, -0.1) is 11.3 Å². The molecule has 4 N–H and O–H groups in total. The first-order valence-corrected chi connectivity index (χ1v) is 28.1. The highest BCUT2D eigenvalue weighted by Crippen LogP contribution is 2.50. The monoisotopic (exact) mass is 1070 g/mol. The third-order valence-electron chi connectivity index (χ3n) is 16.8. The Balaban J connectivity index is 0.721. The number of carbonyl (C=O) groups is 2. The number of carbonyl (C=O) groups excluding carboxylic acids is 2. The van der Waals surface area contributed by atoms with Gasteiger partial charge in [-0.1, -0.05) is 49.7 Å². The van der Waals surface area contributed by atoms with E-state index in [-0.39, 0.29) is 83.1 Å². The highest BCUT2D eigenvalue weighted by molar-refractivity contribution is 7.13. The fourth-order valence-electron chi connectivity index (χ4n) is 12.8. The summed E-state index contributed by atoms with van der Waals surface area (Å²) in [5, 5.41) is 33.4. The van der Waals surface area contributed by atoms with Crippen molar-refractivity contribution >= 4 is 51.5 Å². The number of aryl methyl sites for hydroxylation is 1. The zero-order valence-corrected chi connectivity index (χ0v) is 44.7. The van der Waals surface area contributed by atoms with Crippen molar-refractivity contribution in [1.82, 2.24) is 45.5 Å². The van der Waals surface area contributed by atoms with Crippen LogP contribution in [-0.2, 0) is 9.59 Å². The molecule has 17 nitrogen and oxygen atoms in total. The average molecular weight is 1080 g/mol. The number of aliphatic hydroxyl groups excluding tert-OH is 1. The molecule has 2 bridgehead atoms. The normalized spacial score (nSPS) is 25.1. The number of β-amino-alcohol motifs (C(OH)–C–C–N with tert-alkyl or cyclic N) is 1. The van der Waals surface area contributed by atoms with E-state index in [0.717, 1.165) is 85.2 Å². The molecule has 2 unspecified atom stereocenters. The zero-order chi connectivity index (χ0) is 52.6. The first-order valence-electron chi connectivity index (χ1n) is 26.9. The number of ether oxygens (including phenoxy) is 2. The Hall–Kier alpha value is -5.99. The van der Waals surface area contributed by atoms with E-state index < -0.39 is 23.9 Å². The Labute approximate surface area is 449 Å². The number of phenolic OH excluding ortho intramolecular Hbond substituents is 1. The number of fused-ring (bicyclic) bond motifs is 4. The maximum Gasteiger partial charge on any atom is 0.319 e. The number of nitrogens with one attached hydrogen (secondary N) is 2. The summed E-state index contributed by atoms with van der Waals surface area (Å²) in [7, 11) is 0. The highest BCUT2D eigenvalue weighted by Gasteiger charge is 2.51. The zero-order valence-electron chi connectivity index (χ0n) is 43.2. The third-order valence-corrected chi connectivity index (χ3v) is 18.1. The number of rotatable bonds is 16. The van der Waals surface area contributed by atoms with Crippen LogP contribution in [0.1, 0.15) is 119 Å². The van der Waals surface area contributed by atoms with Gasteiger partial charge in [-0.25, -0.2) is 9.37 Å². The lowest BCUT2D eigenvalue weighted by molar-refractivity contribution is -0.141. The number of benzene rings is 2. The topological polar surface area (TPSA) is 204 Å². The molecule has 8 atom stereocenters. The fraction of sp³-hybridized carbons (Fsp3) is 0.518. The first-order chi connectivity index (χ1) is 36.7. The summed E-state index contributed by atoms with van der Waals surface area (Å²) in [6.45, 7) is 10.6. The lowest BCUT2D eigenvalue weighted by Gasteiger charge is -2.35. The molecule has 76 heavy (non-hydrogen) atoms. The van der Waals surface area contributed by atoms with Crippen molar-refractivity contribution in [2.75, 3.05) is 44.3 Å². The van der Waals surface area contributed by atoms with Crippen LogP contribution >= 0.6 is 22.9 Å². The third kappa shape index (κ3) is 9.64. The Bertz CT molecular complexity index is 3160.